The van der Waals surface area contributed by atoms with E-state index in [2.05, 4.69) is 187 Å². The van der Waals surface area contributed by atoms with Gasteiger partial charge in [-0.1, -0.05) is 244 Å². The van der Waals surface area contributed by atoms with Crippen molar-refractivity contribution in [1.82, 2.24) is 0 Å². The molecule has 0 spiro atoms. The van der Waals surface area contributed by atoms with Crippen LogP contribution in [0.1, 0.15) is 220 Å². The number of para-hydroxylation sites is 4. The average molecular weight is 1160 g/mol. The molecule has 2 heterocycles. The molecule has 0 aliphatic heterocycles. The van der Waals surface area contributed by atoms with Gasteiger partial charge in [0.25, 0.3) is 0 Å². The Morgan fingerprint density at radius 2 is 0.602 bits per heavy atom. The van der Waals surface area contributed by atoms with Gasteiger partial charge in [-0.3, -0.25) is 0 Å². The highest BCUT2D eigenvalue weighted by atomic mass is 16.3. The number of furan rings is 2. The summed E-state index contributed by atoms with van der Waals surface area (Å²) in [4.78, 5) is 5.05. The Balaban J connectivity index is 0.000000836. The Morgan fingerprint density at radius 1 is 0.273 bits per heavy atom. The fraction of sp³-hybridized carbons (Fsp3) is 0.381. The van der Waals surface area contributed by atoms with Crippen molar-refractivity contribution >= 4 is 110 Å². The van der Waals surface area contributed by atoms with Crippen molar-refractivity contribution in [2.24, 2.45) is 5.92 Å². The first-order valence-corrected chi connectivity index (χ1v) is 35.0. The van der Waals surface area contributed by atoms with Crippen molar-refractivity contribution < 1.29 is 8.83 Å². The monoisotopic (exact) mass is 1160 g/mol. The summed E-state index contributed by atoms with van der Waals surface area (Å²) in [6, 6.07) is 65.8. The minimum atomic E-state index is 0.532. The zero-order valence-corrected chi connectivity index (χ0v) is 52.1. The Bertz CT molecular complexity index is 4400. The van der Waals surface area contributed by atoms with Gasteiger partial charge in [-0.05, 0) is 173 Å². The molecular weight excluding hydrogens is 1070 g/mol. The second kappa shape index (κ2) is 24.4. The first kappa shape index (κ1) is 55.7. The first-order chi connectivity index (χ1) is 43.6. The fourth-order valence-corrected chi connectivity index (χ4v) is 17.6. The molecule has 5 aliphatic carbocycles. The molecule has 446 valence electrons. The third kappa shape index (κ3) is 10.3. The third-order valence-corrected chi connectivity index (χ3v) is 22.3. The molecule has 10 aromatic carbocycles. The molecule has 88 heavy (non-hydrogen) atoms. The van der Waals surface area contributed by atoms with E-state index in [-0.39, 0.29) is 0 Å². The predicted octanol–water partition coefficient (Wildman–Crippen LogP) is 26.5. The van der Waals surface area contributed by atoms with E-state index in [1.54, 1.807) is 0 Å². The zero-order valence-electron chi connectivity index (χ0n) is 52.1. The van der Waals surface area contributed by atoms with Crippen LogP contribution >= 0.6 is 0 Å². The van der Waals surface area contributed by atoms with Crippen LogP contribution in [0, 0.1) is 5.92 Å². The molecule has 0 radical (unpaired) electrons. The number of benzene rings is 10. The maximum Gasteiger partial charge on any atom is 0.159 e. The molecular formula is C84H88N2O2. The van der Waals surface area contributed by atoms with E-state index in [1.165, 1.54) is 243 Å². The van der Waals surface area contributed by atoms with E-state index in [0.717, 1.165) is 62.4 Å². The van der Waals surface area contributed by atoms with E-state index < -0.39 is 0 Å². The second-order valence-corrected chi connectivity index (χ2v) is 27.8. The zero-order chi connectivity index (χ0) is 58.5. The van der Waals surface area contributed by atoms with Crippen molar-refractivity contribution in [1.29, 1.82) is 0 Å². The van der Waals surface area contributed by atoms with Crippen molar-refractivity contribution in [2.45, 2.75) is 198 Å². The van der Waals surface area contributed by atoms with E-state index in [4.69, 9.17) is 8.83 Å². The molecule has 0 N–H and O–H groups in total. The number of anilines is 6. The van der Waals surface area contributed by atoms with E-state index in [1.807, 2.05) is 0 Å². The highest BCUT2D eigenvalue weighted by molar-refractivity contribution is 6.29. The van der Waals surface area contributed by atoms with Gasteiger partial charge in [0.1, 0.15) is 11.2 Å². The van der Waals surface area contributed by atoms with Crippen molar-refractivity contribution in [2.75, 3.05) is 9.80 Å². The Morgan fingerprint density at radius 3 is 0.977 bits per heavy atom. The van der Waals surface area contributed by atoms with E-state index in [9.17, 15) is 0 Å². The van der Waals surface area contributed by atoms with Gasteiger partial charge in [-0.25, -0.2) is 0 Å². The standard InChI is InChI=1S/C77H74N2O2.C7H14/c1-2-7-19-50(18-6-1)52-34-42-58(43-35-52)78(70-32-16-30-64-62-28-14-26-60(74(62)80-76(64)70)54-22-10-4-11-23-54)68-48-40-56-39-47-67-69(49-41-57-38-46-66(68)72(56)73(57)67)79(59-44-36-53(37-45-59)51-20-8-3-9-21-51)71-33-17-31-65-63-29-15-27-61(75(63)81-77(65)71)55-24-12-5-13-25-55;1-7-5-3-2-4-6-7/h14-17,26-51,54-55H,1-13,18-25H2;7H,2-6H2,1H3. The average Bonchev–Trinajstić information content (AvgIpc) is 1.15. The molecule has 5 saturated carbocycles. The molecule has 0 saturated heterocycles. The summed E-state index contributed by atoms with van der Waals surface area (Å²) in [7, 11) is 0. The van der Waals surface area contributed by atoms with Crippen LogP contribution in [0.3, 0.4) is 0 Å². The van der Waals surface area contributed by atoms with Crippen LogP contribution in [0.15, 0.2) is 179 Å². The first-order valence-electron chi connectivity index (χ1n) is 35.0. The van der Waals surface area contributed by atoms with Crippen LogP contribution in [0.4, 0.5) is 34.1 Å². The van der Waals surface area contributed by atoms with Gasteiger partial charge in [0.05, 0.1) is 22.7 Å². The highest BCUT2D eigenvalue weighted by Gasteiger charge is 2.29. The van der Waals surface area contributed by atoms with Crippen LogP contribution in [0.25, 0.3) is 76.2 Å². The second-order valence-electron chi connectivity index (χ2n) is 27.8. The van der Waals surface area contributed by atoms with Gasteiger partial charge < -0.3 is 18.6 Å². The number of hydrogen-bond donors (Lipinski definition) is 0. The van der Waals surface area contributed by atoms with Crippen LogP contribution in [-0.4, -0.2) is 0 Å². The van der Waals surface area contributed by atoms with Crippen LogP contribution in [0.5, 0.6) is 0 Å². The summed E-state index contributed by atoms with van der Waals surface area (Å²) in [6.07, 6.45) is 34.6. The quantitative estimate of drug-likeness (QED) is 0.101. The fourth-order valence-electron chi connectivity index (χ4n) is 17.6. The predicted molar refractivity (Wildman–Crippen MR) is 374 cm³/mol. The van der Waals surface area contributed by atoms with Crippen molar-refractivity contribution in [3.8, 4) is 0 Å². The number of rotatable bonds is 10. The molecule has 0 amide bonds. The summed E-state index contributed by atoms with van der Waals surface area (Å²) in [5.41, 5.74) is 16.5. The van der Waals surface area contributed by atoms with Gasteiger partial charge >= 0.3 is 0 Å². The van der Waals surface area contributed by atoms with Crippen LogP contribution < -0.4 is 9.80 Å². The lowest BCUT2D eigenvalue weighted by Gasteiger charge is -2.30. The molecule has 5 aliphatic rings. The smallest absolute Gasteiger partial charge is 0.159 e. The molecule has 4 heteroatoms. The lowest BCUT2D eigenvalue weighted by atomic mass is 9.83. The van der Waals surface area contributed by atoms with Crippen molar-refractivity contribution in [3.63, 3.8) is 0 Å². The summed E-state index contributed by atoms with van der Waals surface area (Å²) >= 11 is 0. The summed E-state index contributed by atoms with van der Waals surface area (Å²) in [5.74, 6) is 3.34. The molecule has 0 unspecified atom stereocenters. The van der Waals surface area contributed by atoms with Crippen molar-refractivity contribution in [3.05, 3.63) is 192 Å². The normalized spacial score (nSPS) is 18.2. The van der Waals surface area contributed by atoms with Crippen LogP contribution in [0.2, 0.25) is 0 Å². The molecule has 17 rings (SSSR count). The van der Waals surface area contributed by atoms with Crippen LogP contribution in [-0.2, 0) is 0 Å². The SMILES string of the molecule is CC1CCCCC1.c1cc(C2CCCCC2)c2oc3c(N(c4ccc(C5CCCCCC5)cc4)c4ccc5ccc6c(N(c7ccc(C8CCCCC8)cc7)c7cccc8c7oc7c(C9CCCCC9)cccc78)ccc7ccc4c5c76)cccc3c2c1. The highest BCUT2D eigenvalue weighted by Crippen LogP contribution is 2.52. The third-order valence-electron chi connectivity index (χ3n) is 22.3. The largest absolute Gasteiger partial charge is 0.454 e. The minimum Gasteiger partial charge on any atom is -0.454 e. The molecule has 12 aromatic rings. The molecule has 5 fully saturated rings. The van der Waals surface area contributed by atoms with Gasteiger partial charge in [-0.2, -0.15) is 0 Å². The molecule has 0 bridgehead atoms. The number of fused-ring (bicyclic) bond motifs is 6. The summed E-state index contributed by atoms with van der Waals surface area (Å²) in [6.45, 7) is 2.36. The number of hydrogen-bond acceptors (Lipinski definition) is 4. The van der Waals surface area contributed by atoms with Gasteiger partial charge in [0.2, 0.25) is 0 Å². The van der Waals surface area contributed by atoms with E-state index >= 15 is 0 Å². The minimum absolute atomic E-state index is 0.532. The number of nitrogens with zero attached hydrogens (tertiary/aromatic N) is 2. The van der Waals surface area contributed by atoms with Gasteiger partial charge in [0, 0.05) is 43.7 Å². The maximum atomic E-state index is 7.35. The molecule has 4 nitrogen and oxygen atoms in total. The Kier molecular flexibility index (Phi) is 15.5. The van der Waals surface area contributed by atoms with E-state index in [0.29, 0.717) is 23.7 Å². The molecule has 0 atom stereocenters. The lowest BCUT2D eigenvalue weighted by Crippen LogP contribution is -2.12. The van der Waals surface area contributed by atoms with Gasteiger partial charge in [-0.15, -0.1) is 0 Å². The Hall–Kier alpha value is -7.56. The van der Waals surface area contributed by atoms with Gasteiger partial charge in [0.15, 0.2) is 11.2 Å². The molecule has 2 aromatic heterocycles. The summed E-state index contributed by atoms with van der Waals surface area (Å²) < 4.78 is 14.7. The lowest BCUT2D eigenvalue weighted by molar-refractivity contribution is 0.385. The maximum absolute atomic E-state index is 7.35. The summed E-state index contributed by atoms with van der Waals surface area (Å²) in [5, 5.41) is 12.3. The Labute approximate surface area is 521 Å². The topological polar surface area (TPSA) is 32.8 Å².